The number of carbonyl (C=O) groups is 2. The normalized spacial score (nSPS) is 15.3. The molecule has 0 fully saturated rings. The lowest BCUT2D eigenvalue weighted by Gasteiger charge is -2.15. The second-order valence-corrected chi connectivity index (χ2v) is 10.7. The van der Waals surface area contributed by atoms with E-state index in [1.807, 2.05) is 0 Å². The summed E-state index contributed by atoms with van der Waals surface area (Å²) in [6.45, 7) is 2.22. The van der Waals surface area contributed by atoms with E-state index in [4.69, 9.17) is 34.8 Å². The van der Waals surface area contributed by atoms with Crippen LogP contribution in [0.5, 0.6) is 5.75 Å². The molecule has 1 unspecified atom stereocenters. The van der Waals surface area contributed by atoms with E-state index in [0.29, 0.717) is 17.1 Å². The lowest BCUT2D eigenvalue weighted by molar-refractivity contribution is -0.119. The van der Waals surface area contributed by atoms with Gasteiger partial charge in [0.15, 0.2) is 5.84 Å². The maximum Gasteiger partial charge on any atom is 0.282 e. The molecule has 0 saturated carbocycles. The van der Waals surface area contributed by atoms with Crippen LogP contribution in [0.4, 0.5) is 11.4 Å². The largest absolute Gasteiger partial charge is 0.508 e. The van der Waals surface area contributed by atoms with Gasteiger partial charge in [-0.05, 0) is 42.8 Å². The molecule has 2 N–H and O–H groups in total. The molecule has 2 aromatic rings. The van der Waals surface area contributed by atoms with Crippen LogP contribution in [-0.4, -0.2) is 28.8 Å². The fourth-order valence-electron chi connectivity index (χ4n) is 4.16. The molecule has 2 amide bonds. The molecule has 1 aliphatic rings. The number of hydrogen-bond donors (Lipinski definition) is 2. The van der Waals surface area contributed by atoms with Gasteiger partial charge in [0.1, 0.15) is 11.4 Å². The van der Waals surface area contributed by atoms with E-state index in [9.17, 15) is 14.7 Å². The van der Waals surface area contributed by atoms with Crippen LogP contribution in [0.15, 0.2) is 51.7 Å². The van der Waals surface area contributed by atoms with Crippen LogP contribution in [0.1, 0.15) is 77.6 Å². The van der Waals surface area contributed by atoms with Crippen LogP contribution in [0.2, 0.25) is 15.1 Å². The number of halogens is 3. The van der Waals surface area contributed by atoms with Gasteiger partial charge < -0.3 is 10.4 Å². The molecule has 1 heterocycles. The number of azo groups is 1. The van der Waals surface area contributed by atoms with Crippen molar-refractivity contribution in [2.75, 3.05) is 5.01 Å². The van der Waals surface area contributed by atoms with Crippen LogP contribution < -0.4 is 10.3 Å². The van der Waals surface area contributed by atoms with Crippen LogP contribution >= 0.6 is 34.8 Å². The second kappa shape index (κ2) is 15.8. The number of anilines is 1. The van der Waals surface area contributed by atoms with E-state index in [1.54, 1.807) is 12.1 Å². The predicted octanol–water partition coefficient (Wildman–Crippen LogP) is 8.59. The highest BCUT2D eigenvalue weighted by Gasteiger charge is 2.40. The molecule has 210 valence electrons. The number of hydrogen-bond acceptors (Lipinski definition) is 6. The molecule has 1 atom stereocenters. The molecule has 2 aromatic carbocycles. The van der Waals surface area contributed by atoms with E-state index in [-0.39, 0.29) is 33.2 Å². The van der Waals surface area contributed by atoms with Crippen LogP contribution in [0, 0.1) is 0 Å². The molecule has 0 aromatic heterocycles. The fraction of sp³-hybridized carbons (Fsp3) is 0.464. The van der Waals surface area contributed by atoms with E-state index < -0.39 is 11.9 Å². The minimum absolute atomic E-state index is 0.0293. The second-order valence-electron chi connectivity index (χ2n) is 9.47. The highest BCUT2D eigenvalue weighted by molar-refractivity contribution is 6.43. The molecule has 8 nitrogen and oxygen atoms in total. The first-order valence-electron chi connectivity index (χ1n) is 13.4. The number of amidine groups is 1. The standard InChI is InChI=1S/C28H34Cl3N5O3/c1-2-3-4-5-6-7-8-9-10-11-12-24(38)32-27-25(34-33-20-13-15-21(37)16-14-20)28(39)36(35-27)26-22(30)17-19(29)18-23(26)31/h13-18,25,37H,2-12H2,1H3,(H,32,35,38). The number of hydrazone groups is 1. The number of amides is 2. The van der Waals surface area contributed by atoms with E-state index >= 15 is 0 Å². The first-order chi connectivity index (χ1) is 18.8. The Kier molecular flexibility index (Phi) is 12.5. The Balaban J connectivity index is 1.63. The van der Waals surface area contributed by atoms with E-state index in [0.717, 1.165) is 24.3 Å². The number of benzene rings is 2. The maximum atomic E-state index is 13.3. The number of phenolic OH excluding ortho intramolecular Hbond substituents is 1. The molecule has 11 heteroatoms. The van der Waals surface area contributed by atoms with E-state index in [2.05, 4.69) is 27.6 Å². The zero-order valence-electron chi connectivity index (χ0n) is 22.0. The summed E-state index contributed by atoms with van der Waals surface area (Å²) < 4.78 is 0. The van der Waals surface area contributed by atoms with Crippen molar-refractivity contribution in [3.05, 3.63) is 51.5 Å². The molecule has 0 aliphatic carbocycles. The lowest BCUT2D eigenvalue weighted by atomic mass is 10.1. The molecule has 0 radical (unpaired) electrons. The van der Waals surface area contributed by atoms with Crippen molar-refractivity contribution in [2.45, 2.75) is 83.6 Å². The van der Waals surface area contributed by atoms with Gasteiger partial charge >= 0.3 is 0 Å². The van der Waals surface area contributed by atoms with Crippen LogP contribution in [-0.2, 0) is 9.59 Å². The van der Waals surface area contributed by atoms with Crippen molar-refractivity contribution in [3.8, 4) is 5.75 Å². The summed E-state index contributed by atoms with van der Waals surface area (Å²) in [5.74, 6) is -0.744. The van der Waals surface area contributed by atoms with Gasteiger partial charge in [0, 0.05) is 11.4 Å². The first-order valence-corrected chi connectivity index (χ1v) is 14.5. The maximum absolute atomic E-state index is 13.3. The molecule has 3 rings (SSSR count). The number of aromatic hydroxyl groups is 1. The summed E-state index contributed by atoms with van der Waals surface area (Å²) in [6.07, 6.45) is 11.9. The zero-order chi connectivity index (χ0) is 28.2. The molecule has 0 bridgehead atoms. The number of rotatable bonds is 14. The fourth-order valence-corrected chi connectivity index (χ4v) is 5.14. The Bertz CT molecular complexity index is 1160. The van der Waals surface area contributed by atoms with Gasteiger partial charge in [-0.2, -0.15) is 15.2 Å². The molecule has 0 saturated heterocycles. The van der Waals surface area contributed by atoms with Crippen molar-refractivity contribution >= 4 is 63.8 Å². The first kappa shape index (κ1) is 30.9. The Morgan fingerprint density at radius 3 is 2.10 bits per heavy atom. The number of nitrogens with one attached hydrogen (secondary N) is 1. The number of phenols is 1. The Hall–Kier alpha value is -2.68. The van der Waals surface area contributed by atoms with Gasteiger partial charge in [-0.25, -0.2) is 0 Å². The average molecular weight is 595 g/mol. The number of carbonyl (C=O) groups excluding carboxylic acids is 2. The minimum Gasteiger partial charge on any atom is -0.508 e. The summed E-state index contributed by atoms with van der Waals surface area (Å²) in [4.78, 5) is 26.1. The zero-order valence-corrected chi connectivity index (χ0v) is 24.3. The lowest BCUT2D eigenvalue weighted by Crippen LogP contribution is -2.39. The van der Waals surface area contributed by atoms with Crippen molar-refractivity contribution in [1.29, 1.82) is 0 Å². The van der Waals surface area contributed by atoms with Crippen LogP contribution in [0.3, 0.4) is 0 Å². The average Bonchev–Trinajstić information content (AvgIpc) is 3.18. The third-order valence-electron chi connectivity index (χ3n) is 6.27. The Morgan fingerprint density at radius 2 is 1.51 bits per heavy atom. The summed E-state index contributed by atoms with van der Waals surface area (Å²) >= 11 is 18.7. The smallest absolute Gasteiger partial charge is 0.282 e. The predicted molar refractivity (Wildman–Crippen MR) is 157 cm³/mol. The van der Waals surface area contributed by atoms with E-state index in [1.165, 1.54) is 69.2 Å². The topological polar surface area (TPSA) is 107 Å². The summed E-state index contributed by atoms with van der Waals surface area (Å²) in [5, 5.41) is 26.3. The number of nitrogens with zero attached hydrogens (tertiary/aromatic N) is 4. The van der Waals surface area contributed by atoms with Gasteiger partial charge in [-0.1, -0.05) is 99.5 Å². The molecule has 0 spiro atoms. The van der Waals surface area contributed by atoms with Crippen molar-refractivity contribution in [1.82, 2.24) is 5.32 Å². The SMILES string of the molecule is CCCCCCCCCCCCC(=O)NC1=NN(c2c(Cl)cc(Cl)cc2Cl)C(=O)C1N=Nc1ccc(O)cc1. The molecular formula is C28H34Cl3N5O3. The van der Waals surface area contributed by atoms with Crippen LogP contribution in [0.25, 0.3) is 0 Å². The van der Waals surface area contributed by atoms with Crippen molar-refractivity contribution in [2.24, 2.45) is 15.3 Å². The quantitative estimate of drug-likeness (QED) is 0.169. The highest BCUT2D eigenvalue weighted by Crippen LogP contribution is 2.38. The third kappa shape index (κ3) is 9.48. The Labute approximate surface area is 244 Å². The Morgan fingerprint density at radius 1 is 0.949 bits per heavy atom. The monoisotopic (exact) mass is 593 g/mol. The van der Waals surface area contributed by atoms with Crippen molar-refractivity contribution in [3.63, 3.8) is 0 Å². The summed E-state index contributed by atoms with van der Waals surface area (Å²) in [5.41, 5.74) is 0.550. The summed E-state index contributed by atoms with van der Waals surface area (Å²) in [6, 6.07) is 7.68. The van der Waals surface area contributed by atoms with Gasteiger partial charge in [-0.15, -0.1) is 5.10 Å². The van der Waals surface area contributed by atoms with Gasteiger partial charge in [0.25, 0.3) is 5.91 Å². The summed E-state index contributed by atoms with van der Waals surface area (Å²) in [7, 11) is 0. The van der Waals surface area contributed by atoms with Gasteiger partial charge in [0.05, 0.1) is 15.7 Å². The molecule has 39 heavy (non-hydrogen) atoms. The van der Waals surface area contributed by atoms with Gasteiger partial charge in [0.2, 0.25) is 11.9 Å². The minimum atomic E-state index is -1.21. The van der Waals surface area contributed by atoms with Gasteiger partial charge in [-0.3, -0.25) is 9.59 Å². The molecular weight excluding hydrogens is 561 g/mol. The third-order valence-corrected chi connectivity index (χ3v) is 7.06. The molecule has 1 aliphatic heterocycles. The van der Waals surface area contributed by atoms with Crippen molar-refractivity contribution < 1.29 is 14.7 Å². The highest BCUT2D eigenvalue weighted by atomic mass is 35.5. The number of unbranched alkanes of at least 4 members (excludes halogenated alkanes) is 9.